The van der Waals surface area contributed by atoms with Crippen LogP contribution in [0.4, 0.5) is 20.3 Å². The Morgan fingerprint density at radius 1 is 1.40 bits per heavy atom. The minimum Gasteiger partial charge on any atom is -0.381 e. The Hall–Kier alpha value is -2.51. The van der Waals surface area contributed by atoms with E-state index in [4.69, 9.17) is 10.3 Å². The van der Waals surface area contributed by atoms with E-state index in [9.17, 15) is 18.9 Å². The van der Waals surface area contributed by atoms with Crippen molar-refractivity contribution in [2.24, 2.45) is 0 Å². The third-order valence-electron chi connectivity index (χ3n) is 2.83. The number of benzene rings is 1. The Kier molecular flexibility index (Phi) is 3.39. The van der Waals surface area contributed by atoms with Gasteiger partial charge in [0.15, 0.2) is 11.6 Å². The van der Waals surface area contributed by atoms with Gasteiger partial charge in [-0.15, -0.1) is 0 Å². The Morgan fingerprint density at radius 3 is 2.60 bits per heavy atom. The Labute approximate surface area is 112 Å². The molecule has 0 aliphatic rings. The van der Waals surface area contributed by atoms with Gasteiger partial charge in [0.25, 0.3) is 0 Å². The van der Waals surface area contributed by atoms with Gasteiger partial charge in [0, 0.05) is 11.6 Å². The number of aromatic nitrogens is 1. The molecule has 6 nitrogen and oxygen atoms in total. The number of rotatable bonds is 3. The van der Waals surface area contributed by atoms with Gasteiger partial charge >= 0.3 is 5.69 Å². The van der Waals surface area contributed by atoms with Gasteiger partial charge in [-0.2, -0.15) is 4.39 Å². The molecule has 20 heavy (non-hydrogen) atoms. The quantitative estimate of drug-likeness (QED) is 0.689. The highest BCUT2D eigenvalue weighted by molar-refractivity contribution is 5.70. The summed E-state index contributed by atoms with van der Waals surface area (Å²) in [5, 5.41) is 14.2. The maximum atomic E-state index is 14.1. The van der Waals surface area contributed by atoms with E-state index >= 15 is 0 Å². The molecule has 1 aromatic heterocycles. The van der Waals surface area contributed by atoms with E-state index in [1.165, 1.54) is 0 Å². The maximum Gasteiger partial charge on any atom is 0.305 e. The fourth-order valence-corrected chi connectivity index (χ4v) is 1.94. The van der Waals surface area contributed by atoms with Crippen LogP contribution in [0.15, 0.2) is 16.7 Å². The number of anilines is 1. The topological polar surface area (TPSA) is 95.2 Å². The van der Waals surface area contributed by atoms with Crippen LogP contribution in [0, 0.1) is 21.7 Å². The van der Waals surface area contributed by atoms with Crippen LogP contribution in [0.1, 0.15) is 25.3 Å². The Balaban J connectivity index is 2.76. The first-order valence-electron chi connectivity index (χ1n) is 5.72. The zero-order valence-corrected chi connectivity index (χ0v) is 10.7. The van der Waals surface area contributed by atoms with Crippen LogP contribution in [0.2, 0.25) is 0 Å². The highest BCUT2D eigenvalue weighted by Crippen LogP contribution is 2.38. The Morgan fingerprint density at radius 2 is 2.05 bits per heavy atom. The van der Waals surface area contributed by atoms with E-state index in [1.54, 1.807) is 13.8 Å². The van der Waals surface area contributed by atoms with Crippen molar-refractivity contribution in [3.63, 3.8) is 0 Å². The van der Waals surface area contributed by atoms with Crippen molar-refractivity contribution in [2.75, 3.05) is 5.73 Å². The van der Waals surface area contributed by atoms with Crippen LogP contribution in [0.25, 0.3) is 11.3 Å². The van der Waals surface area contributed by atoms with E-state index in [0.717, 1.165) is 12.1 Å². The van der Waals surface area contributed by atoms with Crippen LogP contribution >= 0.6 is 0 Å². The number of nitrogens with two attached hydrogens (primary N) is 1. The van der Waals surface area contributed by atoms with Gasteiger partial charge in [-0.05, 0) is 12.0 Å². The minimum atomic E-state index is -1.31. The molecule has 1 heterocycles. The third-order valence-corrected chi connectivity index (χ3v) is 2.83. The number of nitro groups is 1. The zero-order valence-electron chi connectivity index (χ0n) is 10.7. The van der Waals surface area contributed by atoms with Crippen molar-refractivity contribution < 1.29 is 18.2 Å². The average molecular weight is 283 g/mol. The van der Waals surface area contributed by atoms with E-state index < -0.39 is 27.8 Å². The van der Waals surface area contributed by atoms with Crippen molar-refractivity contribution in [1.29, 1.82) is 0 Å². The van der Waals surface area contributed by atoms with Crippen LogP contribution in [-0.4, -0.2) is 10.1 Å². The summed E-state index contributed by atoms with van der Waals surface area (Å²) in [5.41, 5.74) is 4.43. The lowest BCUT2D eigenvalue weighted by molar-refractivity contribution is -0.387. The summed E-state index contributed by atoms with van der Waals surface area (Å²) in [6.45, 7) is 3.47. The van der Waals surface area contributed by atoms with Crippen molar-refractivity contribution in [1.82, 2.24) is 5.16 Å². The van der Waals surface area contributed by atoms with Gasteiger partial charge in [0.1, 0.15) is 5.82 Å². The number of nitrogen functional groups attached to an aromatic ring is 1. The molecule has 0 fully saturated rings. The molecule has 0 amide bonds. The van der Waals surface area contributed by atoms with Crippen molar-refractivity contribution in [3.05, 3.63) is 39.4 Å². The van der Waals surface area contributed by atoms with E-state index in [2.05, 4.69) is 5.16 Å². The van der Waals surface area contributed by atoms with E-state index in [1.807, 2.05) is 0 Å². The average Bonchev–Trinajstić information content (AvgIpc) is 2.70. The van der Waals surface area contributed by atoms with Gasteiger partial charge in [0.05, 0.1) is 10.5 Å². The molecule has 0 aliphatic heterocycles. The molecule has 106 valence electrons. The predicted molar refractivity (Wildman–Crippen MR) is 67.0 cm³/mol. The largest absolute Gasteiger partial charge is 0.381 e. The van der Waals surface area contributed by atoms with Crippen molar-refractivity contribution in [3.8, 4) is 11.3 Å². The van der Waals surface area contributed by atoms with Gasteiger partial charge in [0.2, 0.25) is 5.82 Å². The number of hydrogen-bond donors (Lipinski definition) is 1. The molecule has 2 aromatic rings. The minimum absolute atomic E-state index is 0.000283. The standard InChI is InChI=1S/C12H11F2N3O3/c1-5(2)8-11(20-16-12(8)15)9-6(13)3-4-7(10(9)14)17(18)19/h3-5H,1-2H3,(H2,15,16). The molecule has 0 saturated carbocycles. The summed E-state index contributed by atoms with van der Waals surface area (Å²) in [4.78, 5) is 9.78. The third kappa shape index (κ3) is 2.09. The summed E-state index contributed by atoms with van der Waals surface area (Å²) in [5.74, 6) is -2.73. The first-order chi connectivity index (χ1) is 9.34. The second-order valence-corrected chi connectivity index (χ2v) is 4.48. The maximum absolute atomic E-state index is 14.1. The van der Waals surface area contributed by atoms with Crippen LogP contribution in [0.3, 0.4) is 0 Å². The van der Waals surface area contributed by atoms with Crippen LogP contribution in [0.5, 0.6) is 0 Å². The second-order valence-electron chi connectivity index (χ2n) is 4.48. The molecular formula is C12H11F2N3O3. The van der Waals surface area contributed by atoms with Crippen molar-refractivity contribution in [2.45, 2.75) is 19.8 Å². The molecule has 0 atom stereocenters. The summed E-state index contributed by atoms with van der Waals surface area (Å²) in [6.07, 6.45) is 0. The smallest absolute Gasteiger partial charge is 0.305 e. The summed E-state index contributed by atoms with van der Waals surface area (Å²) < 4.78 is 32.8. The predicted octanol–water partition coefficient (Wildman–Crippen LogP) is 3.23. The normalized spacial score (nSPS) is 11.1. The lowest BCUT2D eigenvalue weighted by Crippen LogP contribution is -2.00. The molecule has 2 rings (SSSR count). The fraction of sp³-hybridized carbons (Fsp3) is 0.250. The summed E-state index contributed by atoms with van der Waals surface area (Å²) >= 11 is 0. The second kappa shape index (κ2) is 4.87. The van der Waals surface area contributed by atoms with Crippen molar-refractivity contribution >= 4 is 11.5 Å². The molecule has 0 unspecified atom stereocenters. The van der Waals surface area contributed by atoms with Crippen LogP contribution in [-0.2, 0) is 0 Å². The zero-order chi connectivity index (χ0) is 15.0. The first-order valence-corrected chi connectivity index (χ1v) is 5.72. The Bertz CT molecular complexity index is 683. The van der Waals surface area contributed by atoms with E-state index in [-0.39, 0.29) is 17.5 Å². The number of nitro benzene ring substituents is 1. The molecule has 0 aliphatic carbocycles. The number of halogens is 2. The van der Waals surface area contributed by atoms with Gasteiger partial charge in [-0.1, -0.05) is 19.0 Å². The van der Waals surface area contributed by atoms with Crippen LogP contribution < -0.4 is 5.73 Å². The first kappa shape index (κ1) is 13.9. The number of nitrogens with zero attached hydrogens (tertiary/aromatic N) is 2. The number of hydrogen-bond acceptors (Lipinski definition) is 5. The molecule has 0 saturated heterocycles. The van der Waals surface area contributed by atoms with Gasteiger partial charge in [-0.25, -0.2) is 4.39 Å². The molecule has 2 N–H and O–H groups in total. The lowest BCUT2D eigenvalue weighted by Gasteiger charge is -2.07. The van der Waals surface area contributed by atoms with E-state index in [0.29, 0.717) is 5.56 Å². The molecule has 0 bridgehead atoms. The molecule has 1 aromatic carbocycles. The van der Waals surface area contributed by atoms with Gasteiger partial charge in [-0.3, -0.25) is 10.1 Å². The summed E-state index contributed by atoms with van der Waals surface area (Å²) in [6, 6.07) is 1.56. The molecule has 0 spiro atoms. The SMILES string of the molecule is CC(C)c1c(N)noc1-c1c(F)ccc([N+](=O)[O-])c1F. The lowest BCUT2D eigenvalue weighted by atomic mass is 9.98. The van der Waals surface area contributed by atoms with Gasteiger partial charge < -0.3 is 10.3 Å². The summed E-state index contributed by atoms with van der Waals surface area (Å²) in [7, 11) is 0. The highest BCUT2D eigenvalue weighted by Gasteiger charge is 2.29. The molecule has 8 heteroatoms. The molecular weight excluding hydrogens is 272 g/mol. The molecule has 0 radical (unpaired) electrons. The monoisotopic (exact) mass is 283 g/mol. The fourth-order valence-electron chi connectivity index (χ4n) is 1.94. The highest BCUT2D eigenvalue weighted by atomic mass is 19.1.